The maximum Gasteiger partial charge on any atom is 0.163 e. The average Bonchev–Trinajstić information content (AvgIpc) is 2.69. The summed E-state index contributed by atoms with van der Waals surface area (Å²) in [6, 6.07) is 22.3. The van der Waals surface area contributed by atoms with Gasteiger partial charge in [-0.3, -0.25) is 4.98 Å². The largest absolute Gasteiger partial charge is 0.258 e. The smallest absolute Gasteiger partial charge is 0.163 e. The minimum Gasteiger partial charge on any atom is -0.258 e. The highest BCUT2D eigenvalue weighted by atomic mass is 15.0. The van der Waals surface area contributed by atoms with Crippen molar-refractivity contribution in [1.29, 1.82) is 0 Å². The Kier molecular flexibility index (Phi) is 4.23. The number of benzene rings is 2. The van der Waals surface area contributed by atoms with Gasteiger partial charge in [0, 0.05) is 28.1 Å². The Morgan fingerprint density at radius 3 is 2.08 bits per heavy atom. The number of pyridine rings is 1. The van der Waals surface area contributed by atoms with Gasteiger partial charge in [0.1, 0.15) is 6.33 Å². The number of rotatable bonds is 3. The van der Waals surface area contributed by atoms with Crippen LogP contribution in [0.25, 0.3) is 33.9 Å². The summed E-state index contributed by atoms with van der Waals surface area (Å²) in [5.74, 6) is 1.34. The van der Waals surface area contributed by atoms with Gasteiger partial charge in [0.05, 0.1) is 0 Å². The average molecular weight is 338 g/mol. The fraction of sp³-hybridized carbons (Fsp3) is 0.0909. The third-order valence-electron chi connectivity index (χ3n) is 4.26. The van der Waals surface area contributed by atoms with Crippen molar-refractivity contribution in [2.24, 2.45) is 0 Å². The zero-order valence-electron chi connectivity index (χ0n) is 14.7. The van der Waals surface area contributed by atoms with Crippen molar-refractivity contribution in [2.75, 3.05) is 0 Å². The number of hydrogen-bond donors (Lipinski definition) is 0. The van der Waals surface area contributed by atoms with Crippen molar-refractivity contribution in [3.05, 3.63) is 84.4 Å². The van der Waals surface area contributed by atoms with E-state index in [-0.39, 0.29) is 0 Å². The first-order chi connectivity index (χ1) is 12.7. The van der Waals surface area contributed by atoms with Crippen LogP contribution in [0.5, 0.6) is 0 Å². The summed E-state index contributed by atoms with van der Waals surface area (Å²) < 4.78 is 0. The van der Waals surface area contributed by atoms with Gasteiger partial charge < -0.3 is 0 Å². The molecule has 0 saturated carbocycles. The molecule has 0 aliphatic rings. The number of hydrogen-bond acceptors (Lipinski definition) is 4. The standard InChI is InChI=1S/C22H18N4/c1-15-11-12-20(16(2)25-15)18-9-6-10-19(13-18)22-24-14-23-21(26-22)17-7-4-3-5-8-17/h3-14H,1-2H3. The molecule has 4 aromatic rings. The monoisotopic (exact) mass is 338 g/mol. The molecule has 2 heterocycles. The fourth-order valence-corrected chi connectivity index (χ4v) is 2.98. The summed E-state index contributed by atoms with van der Waals surface area (Å²) in [5.41, 5.74) is 6.20. The van der Waals surface area contributed by atoms with E-state index in [4.69, 9.17) is 0 Å². The molecule has 0 amide bonds. The van der Waals surface area contributed by atoms with Gasteiger partial charge in [-0.25, -0.2) is 15.0 Å². The highest BCUT2D eigenvalue weighted by Gasteiger charge is 2.09. The zero-order valence-corrected chi connectivity index (χ0v) is 14.7. The van der Waals surface area contributed by atoms with Gasteiger partial charge in [-0.15, -0.1) is 0 Å². The molecule has 0 spiro atoms. The highest BCUT2D eigenvalue weighted by molar-refractivity contribution is 5.72. The van der Waals surface area contributed by atoms with Gasteiger partial charge in [-0.2, -0.15) is 0 Å². The SMILES string of the molecule is Cc1ccc(-c2cccc(-c3ncnc(-c4ccccc4)n3)c2)c(C)n1. The molecule has 0 atom stereocenters. The van der Waals surface area contributed by atoms with Crippen LogP contribution < -0.4 is 0 Å². The summed E-state index contributed by atoms with van der Waals surface area (Å²) in [4.78, 5) is 17.9. The van der Waals surface area contributed by atoms with E-state index in [9.17, 15) is 0 Å². The Bertz CT molecular complexity index is 1060. The molecule has 0 aliphatic heterocycles. The maximum atomic E-state index is 4.65. The molecule has 2 aromatic heterocycles. The molecule has 0 N–H and O–H groups in total. The van der Waals surface area contributed by atoms with E-state index >= 15 is 0 Å². The lowest BCUT2D eigenvalue weighted by Crippen LogP contribution is -1.95. The van der Waals surface area contributed by atoms with Crippen LogP contribution in [0.1, 0.15) is 11.4 Å². The predicted octanol–water partition coefficient (Wildman–Crippen LogP) is 4.88. The van der Waals surface area contributed by atoms with Crippen LogP contribution in [0.4, 0.5) is 0 Å². The van der Waals surface area contributed by atoms with E-state index in [1.165, 1.54) is 0 Å². The lowest BCUT2D eigenvalue weighted by molar-refractivity contribution is 1.06. The van der Waals surface area contributed by atoms with E-state index in [1.54, 1.807) is 6.33 Å². The van der Waals surface area contributed by atoms with Crippen molar-refractivity contribution in [2.45, 2.75) is 13.8 Å². The van der Waals surface area contributed by atoms with Gasteiger partial charge in [-0.1, -0.05) is 54.6 Å². The van der Waals surface area contributed by atoms with Crippen molar-refractivity contribution >= 4 is 0 Å². The summed E-state index contributed by atoms with van der Waals surface area (Å²) in [5, 5.41) is 0. The third-order valence-corrected chi connectivity index (χ3v) is 4.26. The van der Waals surface area contributed by atoms with Crippen LogP contribution in [-0.2, 0) is 0 Å². The fourth-order valence-electron chi connectivity index (χ4n) is 2.98. The number of nitrogens with zero attached hydrogens (tertiary/aromatic N) is 4. The van der Waals surface area contributed by atoms with Crippen molar-refractivity contribution < 1.29 is 0 Å². The number of aromatic nitrogens is 4. The first kappa shape index (κ1) is 16.1. The first-order valence-corrected chi connectivity index (χ1v) is 8.50. The van der Waals surface area contributed by atoms with E-state index < -0.39 is 0 Å². The Morgan fingerprint density at radius 1 is 0.615 bits per heavy atom. The maximum absolute atomic E-state index is 4.65. The molecule has 26 heavy (non-hydrogen) atoms. The molecule has 0 bridgehead atoms. The quantitative estimate of drug-likeness (QED) is 0.534. The van der Waals surface area contributed by atoms with Gasteiger partial charge in [0.15, 0.2) is 11.6 Å². The molecule has 126 valence electrons. The summed E-state index contributed by atoms with van der Waals surface area (Å²) in [7, 11) is 0. The lowest BCUT2D eigenvalue weighted by atomic mass is 10.0. The van der Waals surface area contributed by atoms with Crippen LogP contribution >= 0.6 is 0 Å². The Labute approximate surface area is 152 Å². The molecule has 0 fully saturated rings. The van der Waals surface area contributed by atoms with Crippen molar-refractivity contribution in [3.8, 4) is 33.9 Å². The Hall–Kier alpha value is -3.40. The van der Waals surface area contributed by atoms with Crippen LogP contribution in [0.15, 0.2) is 73.1 Å². The van der Waals surface area contributed by atoms with Gasteiger partial charge >= 0.3 is 0 Å². The van der Waals surface area contributed by atoms with Crippen LogP contribution in [0, 0.1) is 13.8 Å². The molecule has 4 rings (SSSR count). The Morgan fingerprint density at radius 2 is 1.31 bits per heavy atom. The van der Waals surface area contributed by atoms with E-state index in [1.807, 2.05) is 62.4 Å². The van der Waals surface area contributed by atoms with Crippen molar-refractivity contribution in [1.82, 2.24) is 19.9 Å². The van der Waals surface area contributed by atoms with Crippen LogP contribution in [0.3, 0.4) is 0 Å². The minimum atomic E-state index is 0.665. The first-order valence-electron chi connectivity index (χ1n) is 8.50. The number of aryl methyl sites for hydroxylation is 2. The molecular weight excluding hydrogens is 320 g/mol. The molecule has 4 nitrogen and oxygen atoms in total. The lowest BCUT2D eigenvalue weighted by Gasteiger charge is -2.08. The normalized spacial score (nSPS) is 10.7. The topological polar surface area (TPSA) is 51.6 Å². The van der Waals surface area contributed by atoms with Gasteiger partial charge in [0.25, 0.3) is 0 Å². The van der Waals surface area contributed by atoms with E-state index in [0.717, 1.165) is 33.6 Å². The second-order valence-electron chi connectivity index (χ2n) is 6.17. The highest BCUT2D eigenvalue weighted by Crippen LogP contribution is 2.27. The molecule has 2 aromatic carbocycles. The van der Waals surface area contributed by atoms with E-state index in [0.29, 0.717) is 11.6 Å². The molecular formula is C22H18N4. The summed E-state index contributed by atoms with van der Waals surface area (Å²) in [6.45, 7) is 4.04. The summed E-state index contributed by atoms with van der Waals surface area (Å²) >= 11 is 0. The molecule has 0 radical (unpaired) electrons. The second kappa shape index (κ2) is 6.84. The minimum absolute atomic E-state index is 0.665. The summed E-state index contributed by atoms with van der Waals surface area (Å²) in [6.07, 6.45) is 1.57. The predicted molar refractivity (Wildman–Crippen MR) is 103 cm³/mol. The zero-order chi connectivity index (χ0) is 17.9. The third kappa shape index (κ3) is 3.22. The van der Waals surface area contributed by atoms with E-state index in [2.05, 4.69) is 38.1 Å². The molecule has 0 saturated heterocycles. The van der Waals surface area contributed by atoms with Crippen LogP contribution in [0.2, 0.25) is 0 Å². The Balaban J connectivity index is 1.75. The van der Waals surface area contributed by atoms with Gasteiger partial charge in [0.2, 0.25) is 0 Å². The second-order valence-corrected chi connectivity index (χ2v) is 6.17. The molecule has 0 unspecified atom stereocenters. The van der Waals surface area contributed by atoms with Gasteiger partial charge in [-0.05, 0) is 31.5 Å². The van der Waals surface area contributed by atoms with Crippen molar-refractivity contribution in [3.63, 3.8) is 0 Å². The molecule has 0 aliphatic carbocycles. The molecule has 4 heteroatoms. The van der Waals surface area contributed by atoms with Crippen LogP contribution in [-0.4, -0.2) is 19.9 Å².